The minimum atomic E-state index is -0.0820. The molecule has 1 aromatic rings. The Morgan fingerprint density at radius 1 is 1.07 bits per heavy atom. The zero-order chi connectivity index (χ0) is 10.5. The van der Waals surface area contributed by atoms with Crippen molar-refractivity contribution in [3.8, 4) is 0 Å². The summed E-state index contributed by atoms with van der Waals surface area (Å²) in [6.45, 7) is 0.264. The first-order chi connectivity index (χ1) is 7.20. The summed E-state index contributed by atoms with van der Waals surface area (Å²) in [5, 5.41) is 9.48. The summed E-state index contributed by atoms with van der Waals surface area (Å²) in [4.78, 5) is 0. The SMILES string of the molecule is NC1(c2ccccc2C2(CO)CC2)CC1. The lowest BCUT2D eigenvalue weighted by Crippen LogP contribution is -2.25. The van der Waals surface area contributed by atoms with Crippen LogP contribution in [0.2, 0.25) is 0 Å². The molecule has 0 bridgehead atoms. The van der Waals surface area contributed by atoms with Crippen LogP contribution >= 0.6 is 0 Å². The molecule has 15 heavy (non-hydrogen) atoms. The van der Waals surface area contributed by atoms with Crippen molar-refractivity contribution in [2.24, 2.45) is 5.73 Å². The zero-order valence-corrected chi connectivity index (χ0v) is 8.87. The van der Waals surface area contributed by atoms with Crippen molar-refractivity contribution in [2.75, 3.05) is 6.61 Å². The fourth-order valence-electron chi connectivity index (χ4n) is 2.45. The maximum atomic E-state index is 9.48. The molecule has 3 N–H and O–H groups in total. The Kier molecular flexibility index (Phi) is 1.77. The van der Waals surface area contributed by atoms with Gasteiger partial charge in [0.1, 0.15) is 0 Å². The maximum absolute atomic E-state index is 9.48. The maximum Gasteiger partial charge on any atom is 0.0528 e. The van der Waals surface area contributed by atoms with Gasteiger partial charge in [0, 0.05) is 11.0 Å². The van der Waals surface area contributed by atoms with Crippen LogP contribution in [0.25, 0.3) is 0 Å². The second kappa shape index (κ2) is 2.83. The van der Waals surface area contributed by atoms with Gasteiger partial charge >= 0.3 is 0 Å². The van der Waals surface area contributed by atoms with Crippen LogP contribution < -0.4 is 5.73 Å². The molecule has 0 amide bonds. The van der Waals surface area contributed by atoms with Crippen LogP contribution in [0.4, 0.5) is 0 Å². The van der Waals surface area contributed by atoms with E-state index in [9.17, 15) is 5.11 Å². The number of benzene rings is 1. The van der Waals surface area contributed by atoms with Gasteiger partial charge in [0.2, 0.25) is 0 Å². The quantitative estimate of drug-likeness (QED) is 0.784. The highest BCUT2D eigenvalue weighted by Crippen LogP contribution is 2.53. The van der Waals surface area contributed by atoms with E-state index in [4.69, 9.17) is 5.73 Å². The van der Waals surface area contributed by atoms with Crippen molar-refractivity contribution in [1.82, 2.24) is 0 Å². The molecule has 0 spiro atoms. The van der Waals surface area contributed by atoms with Gasteiger partial charge in [0.15, 0.2) is 0 Å². The number of hydrogen-bond acceptors (Lipinski definition) is 2. The molecule has 2 aliphatic carbocycles. The molecule has 0 unspecified atom stereocenters. The molecule has 80 valence electrons. The van der Waals surface area contributed by atoms with Gasteiger partial charge in [0.05, 0.1) is 6.61 Å². The molecule has 0 aromatic heterocycles. The van der Waals surface area contributed by atoms with Crippen molar-refractivity contribution in [3.63, 3.8) is 0 Å². The number of nitrogens with two attached hydrogens (primary N) is 1. The third-order valence-electron chi connectivity index (χ3n) is 3.98. The average molecular weight is 203 g/mol. The van der Waals surface area contributed by atoms with Gasteiger partial charge in [-0.2, -0.15) is 0 Å². The molecule has 0 aliphatic heterocycles. The monoisotopic (exact) mass is 203 g/mol. The topological polar surface area (TPSA) is 46.2 Å². The van der Waals surface area contributed by atoms with Gasteiger partial charge in [-0.05, 0) is 36.8 Å². The van der Waals surface area contributed by atoms with Crippen LogP contribution in [0.15, 0.2) is 24.3 Å². The van der Waals surface area contributed by atoms with E-state index in [0.717, 1.165) is 25.7 Å². The molecular weight excluding hydrogens is 186 g/mol. The molecule has 0 atom stereocenters. The second-order valence-corrected chi connectivity index (χ2v) is 5.14. The Morgan fingerprint density at radius 2 is 1.67 bits per heavy atom. The molecule has 2 saturated carbocycles. The summed E-state index contributed by atoms with van der Waals surface area (Å²) in [6, 6.07) is 8.39. The Bertz CT molecular complexity index is 391. The van der Waals surface area contributed by atoms with E-state index >= 15 is 0 Å². The first kappa shape index (κ1) is 9.37. The minimum Gasteiger partial charge on any atom is -0.395 e. The first-order valence-corrected chi connectivity index (χ1v) is 5.70. The van der Waals surface area contributed by atoms with Crippen LogP contribution in [0.1, 0.15) is 36.8 Å². The summed E-state index contributed by atoms with van der Waals surface area (Å²) < 4.78 is 0. The molecule has 2 aliphatic rings. The van der Waals surface area contributed by atoms with Crippen LogP contribution in [0.5, 0.6) is 0 Å². The van der Waals surface area contributed by atoms with E-state index in [0.29, 0.717) is 0 Å². The van der Waals surface area contributed by atoms with E-state index in [-0.39, 0.29) is 17.6 Å². The predicted octanol–water partition coefficient (Wildman–Crippen LogP) is 1.66. The lowest BCUT2D eigenvalue weighted by molar-refractivity contribution is 0.254. The van der Waals surface area contributed by atoms with Gasteiger partial charge < -0.3 is 10.8 Å². The molecule has 0 radical (unpaired) electrons. The summed E-state index contributed by atoms with van der Waals surface area (Å²) in [7, 11) is 0. The van der Waals surface area contributed by atoms with Gasteiger partial charge in [0.25, 0.3) is 0 Å². The zero-order valence-electron chi connectivity index (χ0n) is 8.87. The van der Waals surface area contributed by atoms with E-state index in [2.05, 4.69) is 24.3 Å². The highest BCUT2D eigenvalue weighted by atomic mass is 16.3. The summed E-state index contributed by atoms with van der Waals surface area (Å²) in [5.74, 6) is 0. The normalized spacial score (nSPS) is 24.9. The van der Waals surface area contributed by atoms with Gasteiger partial charge in [-0.25, -0.2) is 0 Å². The summed E-state index contributed by atoms with van der Waals surface area (Å²) in [5.41, 5.74) is 8.80. The van der Waals surface area contributed by atoms with Crippen LogP contribution in [-0.2, 0) is 11.0 Å². The third-order valence-corrected chi connectivity index (χ3v) is 3.98. The Hall–Kier alpha value is -0.860. The Labute approximate surface area is 90.1 Å². The number of aliphatic hydroxyl groups excluding tert-OH is 1. The average Bonchev–Trinajstić information content (AvgIpc) is 3.15. The van der Waals surface area contributed by atoms with Crippen molar-refractivity contribution in [1.29, 1.82) is 0 Å². The number of aliphatic hydroxyl groups is 1. The van der Waals surface area contributed by atoms with Crippen molar-refractivity contribution in [3.05, 3.63) is 35.4 Å². The molecule has 0 saturated heterocycles. The van der Waals surface area contributed by atoms with Gasteiger partial charge in [-0.15, -0.1) is 0 Å². The largest absolute Gasteiger partial charge is 0.395 e. The molecule has 3 rings (SSSR count). The molecule has 0 heterocycles. The first-order valence-electron chi connectivity index (χ1n) is 5.70. The van der Waals surface area contributed by atoms with Crippen LogP contribution in [0.3, 0.4) is 0 Å². The lowest BCUT2D eigenvalue weighted by atomic mass is 9.88. The van der Waals surface area contributed by atoms with Crippen LogP contribution in [0, 0.1) is 0 Å². The lowest BCUT2D eigenvalue weighted by Gasteiger charge is -2.21. The van der Waals surface area contributed by atoms with E-state index in [1.54, 1.807) is 0 Å². The highest BCUT2D eigenvalue weighted by molar-refractivity contribution is 5.44. The van der Waals surface area contributed by atoms with Crippen LogP contribution in [-0.4, -0.2) is 11.7 Å². The molecule has 2 heteroatoms. The summed E-state index contributed by atoms with van der Waals surface area (Å²) >= 11 is 0. The molecule has 2 nitrogen and oxygen atoms in total. The smallest absolute Gasteiger partial charge is 0.0528 e. The standard InChI is InChI=1S/C13H17NO/c14-13(7-8-13)11-4-2-1-3-10(11)12(9-15)5-6-12/h1-4,15H,5-9,14H2. The van der Waals surface area contributed by atoms with E-state index in [1.165, 1.54) is 11.1 Å². The molecule has 2 fully saturated rings. The fourth-order valence-corrected chi connectivity index (χ4v) is 2.45. The van der Waals surface area contributed by atoms with Crippen molar-refractivity contribution < 1.29 is 5.11 Å². The number of rotatable bonds is 3. The molecular formula is C13H17NO. The third kappa shape index (κ3) is 1.32. The second-order valence-electron chi connectivity index (χ2n) is 5.14. The predicted molar refractivity (Wildman–Crippen MR) is 59.5 cm³/mol. The summed E-state index contributed by atoms with van der Waals surface area (Å²) in [6.07, 6.45) is 4.39. The van der Waals surface area contributed by atoms with Crippen molar-refractivity contribution in [2.45, 2.75) is 36.6 Å². The molecule has 1 aromatic carbocycles. The highest BCUT2D eigenvalue weighted by Gasteiger charge is 2.49. The number of hydrogen-bond donors (Lipinski definition) is 2. The Balaban J connectivity index is 2.07. The van der Waals surface area contributed by atoms with E-state index in [1.807, 2.05) is 0 Å². The fraction of sp³-hybridized carbons (Fsp3) is 0.538. The van der Waals surface area contributed by atoms with Gasteiger partial charge in [-0.3, -0.25) is 0 Å². The Morgan fingerprint density at radius 3 is 2.13 bits per heavy atom. The minimum absolute atomic E-state index is 0.0472. The van der Waals surface area contributed by atoms with E-state index < -0.39 is 0 Å². The van der Waals surface area contributed by atoms with Crippen molar-refractivity contribution >= 4 is 0 Å². The van der Waals surface area contributed by atoms with Gasteiger partial charge in [-0.1, -0.05) is 24.3 Å².